The largest absolute Gasteiger partial charge is 0.371 e. The van der Waals surface area contributed by atoms with E-state index < -0.39 is 0 Å². The molecule has 2 heterocycles. The Kier molecular flexibility index (Phi) is 2.60. The highest BCUT2D eigenvalue weighted by Crippen LogP contribution is 2.41. The Morgan fingerprint density at radius 1 is 1.12 bits per heavy atom. The van der Waals surface area contributed by atoms with Crippen molar-refractivity contribution in [2.75, 3.05) is 24.5 Å². The Labute approximate surface area is 97.4 Å². The Balaban J connectivity index is 1.82. The molecule has 0 radical (unpaired) electrons. The Hall–Kier alpha value is -1.02. The molecule has 1 aromatic rings. The van der Waals surface area contributed by atoms with Gasteiger partial charge in [-0.25, -0.2) is 0 Å². The first kappa shape index (κ1) is 10.2. The van der Waals surface area contributed by atoms with E-state index in [0.717, 1.165) is 24.8 Å². The van der Waals surface area contributed by atoms with Crippen molar-refractivity contribution in [3.05, 3.63) is 29.8 Å². The monoisotopic (exact) mass is 216 g/mol. The molecule has 3 aliphatic rings. The van der Waals surface area contributed by atoms with Crippen molar-refractivity contribution in [1.82, 2.24) is 0 Å². The highest BCUT2D eigenvalue weighted by Gasteiger charge is 2.37. The van der Waals surface area contributed by atoms with Crippen molar-refractivity contribution in [2.45, 2.75) is 19.3 Å². The fraction of sp³-hybridized carbons (Fsp3) is 0.571. The molecule has 1 aliphatic carbocycles. The molecule has 0 amide bonds. The number of rotatable bonds is 3. The van der Waals surface area contributed by atoms with Crippen molar-refractivity contribution < 1.29 is 0 Å². The fourth-order valence-corrected chi connectivity index (χ4v) is 3.25. The predicted molar refractivity (Wildman–Crippen MR) is 67.6 cm³/mol. The summed E-state index contributed by atoms with van der Waals surface area (Å²) >= 11 is 0. The van der Waals surface area contributed by atoms with E-state index in [1.807, 2.05) is 0 Å². The molecule has 3 fully saturated rings. The van der Waals surface area contributed by atoms with E-state index in [1.165, 1.54) is 37.2 Å². The number of nitrogens with zero attached hydrogens (tertiary/aromatic N) is 1. The normalized spacial score (nSPS) is 27.7. The number of fused-ring (bicyclic) bond motifs is 2. The third kappa shape index (κ3) is 1.71. The zero-order valence-electron chi connectivity index (χ0n) is 9.73. The van der Waals surface area contributed by atoms with Gasteiger partial charge in [0.25, 0.3) is 0 Å². The standard InChI is InChI=1S/C14H20N2/c15-6-5-13-3-1-2-4-14(13)16-9-11-7-12(8-11)10-16/h1-4,11-12H,5-10,15H2. The lowest BCUT2D eigenvalue weighted by atomic mass is 9.71. The van der Waals surface area contributed by atoms with Crippen LogP contribution in [-0.2, 0) is 6.42 Å². The molecule has 0 atom stereocenters. The van der Waals surface area contributed by atoms with E-state index in [0.29, 0.717) is 0 Å². The summed E-state index contributed by atoms with van der Waals surface area (Å²) in [4.78, 5) is 2.58. The van der Waals surface area contributed by atoms with Crippen LogP contribution in [0.15, 0.2) is 24.3 Å². The van der Waals surface area contributed by atoms with Gasteiger partial charge < -0.3 is 10.6 Å². The van der Waals surface area contributed by atoms with Crippen molar-refractivity contribution in [3.8, 4) is 0 Å². The first-order chi connectivity index (χ1) is 7.86. The van der Waals surface area contributed by atoms with Gasteiger partial charge in [-0.1, -0.05) is 18.2 Å². The van der Waals surface area contributed by atoms with Crippen molar-refractivity contribution >= 4 is 5.69 Å². The van der Waals surface area contributed by atoms with E-state index in [2.05, 4.69) is 29.2 Å². The van der Waals surface area contributed by atoms with Crippen LogP contribution >= 0.6 is 0 Å². The van der Waals surface area contributed by atoms with Crippen molar-refractivity contribution in [3.63, 3.8) is 0 Å². The van der Waals surface area contributed by atoms with E-state index in [1.54, 1.807) is 0 Å². The third-order valence-electron chi connectivity index (χ3n) is 4.04. The zero-order valence-corrected chi connectivity index (χ0v) is 9.73. The zero-order chi connectivity index (χ0) is 11.0. The predicted octanol–water partition coefficient (Wildman–Crippen LogP) is 2.03. The van der Waals surface area contributed by atoms with Gasteiger partial charge in [-0.15, -0.1) is 0 Å². The van der Waals surface area contributed by atoms with Gasteiger partial charge in [-0.2, -0.15) is 0 Å². The molecule has 2 bridgehead atoms. The highest BCUT2D eigenvalue weighted by atomic mass is 15.2. The molecular weight excluding hydrogens is 196 g/mol. The molecule has 0 spiro atoms. The van der Waals surface area contributed by atoms with Gasteiger partial charge in [0.15, 0.2) is 0 Å². The van der Waals surface area contributed by atoms with Gasteiger partial charge >= 0.3 is 0 Å². The second kappa shape index (κ2) is 4.10. The maximum absolute atomic E-state index is 5.68. The Morgan fingerprint density at radius 3 is 2.50 bits per heavy atom. The molecule has 1 aromatic carbocycles. The van der Waals surface area contributed by atoms with Crippen molar-refractivity contribution in [2.24, 2.45) is 17.6 Å². The summed E-state index contributed by atoms with van der Waals surface area (Å²) in [5, 5.41) is 0. The molecule has 16 heavy (non-hydrogen) atoms. The van der Waals surface area contributed by atoms with Crippen LogP contribution < -0.4 is 10.6 Å². The number of nitrogens with two attached hydrogens (primary N) is 1. The summed E-state index contributed by atoms with van der Waals surface area (Å²) in [5.41, 5.74) is 8.53. The van der Waals surface area contributed by atoms with E-state index in [4.69, 9.17) is 5.73 Å². The second-order valence-electron chi connectivity index (χ2n) is 5.28. The number of anilines is 1. The first-order valence-electron chi connectivity index (χ1n) is 6.39. The molecule has 86 valence electrons. The third-order valence-corrected chi connectivity index (χ3v) is 4.04. The summed E-state index contributed by atoms with van der Waals surface area (Å²) < 4.78 is 0. The van der Waals surface area contributed by atoms with E-state index >= 15 is 0 Å². The number of benzene rings is 1. The van der Waals surface area contributed by atoms with Crippen LogP contribution in [0.2, 0.25) is 0 Å². The molecule has 2 heteroatoms. The van der Waals surface area contributed by atoms with Crippen LogP contribution in [0.1, 0.15) is 18.4 Å². The number of hydrogen-bond acceptors (Lipinski definition) is 2. The van der Waals surface area contributed by atoms with Gasteiger partial charge in [0.2, 0.25) is 0 Å². The molecular formula is C14H20N2. The van der Waals surface area contributed by atoms with Gasteiger partial charge in [-0.05, 0) is 49.3 Å². The van der Waals surface area contributed by atoms with Gasteiger partial charge in [0.1, 0.15) is 0 Å². The molecule has 4 rings (SSSR count). The van der Waals surface area contributed by atoms with Crippen LogP contribution in [0.25, 0.3) is 0 Å². The summed E-state index contributed by atoms with van der Waals surface area (Å²) in [6.45, 7) is 3.27. The summed E-state index contributed by atoms with van der Waals surface area (Å²) in [6.07, 6.45) is 3.94. The SMILES string of the molecule is NCCc1ccccc1N1CC2CC(C2)C1. The summed E-state index contributed by atoms with van der Waals surface area (Å²) in [5.74, 6) is 1.93. The Bertz CT molecular complexity index is 359. The van der Waals surface area contributed by atoms with Crippen LogP contribution in [0.4, 0.5) is 5.69 Å². The minimum absolute atomic E-state index is 0.748. The molecule has 2 N–H and O–H groups in total. The maximum atomic E-state index is 5.68. The van der Waals surface area contributed by atoms with E-state index in [-0.39, 0.29) is 0 Å². The van der Waals surface area contributed by atoms with E-state index in [9.17, 15) is 0 Å². The lowest BCUT2D eigenvalue weighted by molar-refractivity contribution is 0.159. The minimum Gasteiger partial charge on any atom is -0.371 e. The first-order valence-corrected chi connectivity index (χ1v) is 6.39. The van der Waals surface area contributed by atoms with Crippen LogP contribution in [0, 0.1) is 11.8 Å². The lowest BCUT2D eigenvalue weighted by Gasteiger charge is -2.48. The molecule has 2 saturated heterocycles. The molecule has 1 saturated carbocycles. The molecule has 2 nitrogen and oxygen atoms in total. The average Bonchev–Trinajstić information content (AvgIpc) is 2.29. The summed E-state index contributed by atoms with van der Waals surface area (Å²) in [7, 11) is 0. The summed E-state index contributed by atoms with van der Waals surface area (Å²) in [6, 6.07) is 8.76. The molecule has 0 aromatic heterocycles. The van der Waals surface area contributed by atoms with Gasteiger partial charge in [-0.3, -0.25) is 0 Å². The smallest absolute Gasteiger partial charge is 0.0399 e. The van der Waals surface area contributed by atoms with Crippen LogP contribution in [-0.4, -0.2) is 19.6 Å². The van der Waals surface area contributed by atoms with Gasteiger partial charge in [0.05, 0.1) is 0 Å². The topological polar surface area (TPSA) is 29.3 Å². The maximum Gasteiger partial charge on any atom is 0.0399 e. The quantitative estimate of drug-likeness (QED) is 0.837. The van der Waals surface area contributed by atoms with Crippen molar-refractivity contribution in [1.29, 1.82) is 0 Å². The van der Waals surface area contributed by atoms with Crippen LogP contribution in [0.5, 0.6) is 0 Å². The highest BCUT2D eigenvalue weighted by molar-refractivity contribution is 5.54. The molecule has 2 aliphatic heterocycles. The fourth-order valence-electron chi connectivity index (χ4n) is 3.25. The van der Waals surface area contributed by atoms with Crippen LogP contribution in [0.3, 0.4) is 0 Å². The minimum atomic E-state index is 0.748. The second-order valence-corrected chi connectivity index (χ2v) is 5.28. The Morgan fingerprint density at radius 2 is 1.81 bits per heavy atom. The lowest BCUT2D eigenvalue weighted by Crippen LogP contribution is -2.49. The number of hydrogen-bond donors (Lipinski definition) is 1. The molecule has 0 unspecified atom stereocenters. The average molecular weight is 216 g/mol. The number of para-hydroxylation sites is 1. The number of piperidine rings is 2. The van der Waals surface area contributed by atoms with Gasteiger partial charge in [0, 0.05) is 18.8 Å².